The van der Waals surface area contributed by atoms with Gasteiger partial charge in [-0.25, -0.2) is 4.57 Å². The molecule has 30 heteroatoms. The van der Waals surface area contributed by atoms with Crippen molar-refractivity contribution < 1.29 is 71.9 Å². The Labute approximate surface area is 368 Å². The number of nitrogens with two attached hydrogens (primary N) is 3. The summed E-state index contributed by atoms with van der Waals surface area (Å²) in [4.78, 5) is 145. The van der Waals surface area contributed by atoms with Crippen LogP contribution in [0.5, 0.6) is 0 Å². The lowest BCUT2D eigenvalue weighted by Crippen LogP contribution is -2.54. The van der Waals surface area contributed by atoms with Gasteiger partial charge in [-0.2, -0.15) is 0 Å². The molecule has 0 aliphatic heterocycles. The number of carbonyl (C=O) groups is 10. The standard InChI is InChI=1S/C34H63N14O15P/c1-20(49)39-12-6-4-9-23(31(57)43-14-25(50)41-15-26(51)46-22(8-3-5-11-35)33(59)45-18-29(54)55)47-28(53)17-44-32(58)24(10-7-13-40-34(37)38-2)48-27(52)16-42-30(56)21(36)19-63-64(60,61)62/h21-24H,3-19,35-36H2,1-2H3,(H,39,49)(H,41,50)(H,42,56)(H,43,57)(H,44,58)(H,45,59)(H,46,51)(H,47,53)(H,48,52)(H,54,55)(H3,37,38,40)(H2,60,61,62)/t21-,22-,23-,24-/m0/s1. The summed E-state index contributed by atoms with van der Waals surface area (Å²) in [6.45, 7) is -2.11. The van der Waals surface area contributed by atoms with Crippen molar-refractivity contribution in [1.82, 2.24) is 53.2 Å². The molecule has 0 radical (unpaired) electrons. The molecule has 0 aromatic heterocycles. The van der Waals surface area contributed by atoms with E-state index in [-0.39, 0.29) is 50.6 Å². The van der Waals surface area contributed by atoms with E-state index in [0.29, 0.717) is 32.2 Å². The highest BCUT2D eigenvalue weighted by Crippen LogP contribution is 2.35. The summed E-state index contributed by atoms with van der Waals surface area (Å²) in [5, 5.41) is 32.7. The summed E-state index contributed by atoms with van der Waals surface area (Å²) in [6, 6.07) is -5.21. The van der Waals surface area contributed by atoms with Gasteiger partial charge in [-0.15, -0.1) is 0 Å². The number of carboxylic acid groups (broad SMARTS) is 1. The number of hydrogen-bond donors (Lipinski definition) is 16. The fourth-order valence-corrected chi connectivity index (χ4v) is 5.39. The zero-order chi connectivity index (χ0) is 48.7. The number of aliphatic imine (C=N–C) groups is 1. The largest absolute Gasteiger partial charge is 0.480 e. The van der Waals surface area contributed by atoms with Gasteiger partial charge in [0, 0.05) is 27.1 Å². The lowest BCUT2D eigenvalue weighted by atomic mass is 10.1. The van der Waals surface area contributed by atoms with E-state index in [0.717, 1.165) is 0 Å². The Balaban J connectivity index is 5.54. The fraction of sp³-hybridized carbons (Fsp3) is 0.676. The number of phosphoric ester groups is 1. The maximum atomic E-state index is 13.2. The van der Waals surface area contributed by atoms with E-state index in [1.54, 1.807) is 0 Å². The minimum absolute atomic E-state index is 0.0152. The number of aliphatic carboxylic acids is 1. The van der Waals surface area contributed by atoms with Crippen LogP contribution in [0.25, 0.3) is 0 Å². The molecule has 0 aromatic rings. The Morgan fingerprint density at radius 3 is 1.47 bits per heavy atom. The van der Waals surface area contributed by atoms with Gasteiger partial charge in [-0.1, -0.05) is 0 Å². The van der Waals surface area contributed by atoms with Gasteiger partial charge in [0.05, 0.1) is 32.8 Å². The van der Waals surface area contributed by atoms with Gasteiger partial charge in [0.15, 0.2) is 5.96 Å². The van der Waals surface area contributed by atoms with E-state index in [2.05, 4.69) is 62.7 Å². The molecule has 0 aromatic carbocycles. The van der Waals surface area contributed by atoms with Crippen LogP contribution >= 0.6 is 7.82 Å². The lowest BCUT2D eigenvalue weighted by Gasteiger charge is -2.21. The first-order valence-electron chi connectivity index (χ1n) is 19.9. The minimum Gasteiger partial charge on any atom is -0.480 e. The quantitative estimate of drug-likeness (QED) is 0.0126. The van der Waals surface area contributed by atoms with Crippen molar-refractivity contribution in [3.05, 3.63) is 0 Å². The number of nitrogens with one attached hydrogen (secondary N) is 10. The SMILES string of the molecule is CN=C(N)NCCC[C@H](NC(=O)CNC(=O)[C@@H](N)COP(=O)(O)O)C(=O)NCC(=O)N[C@@H](CCCCNC(C)=O)C(=O)NCC(=O)NCC(=O)N[C@@H](CCCCN)C(=O)NCC(=O)O. The molecular weight excluding hydrogens is 875 g/mol. The molecule has 0 spiro atoms. The van der Waals surface area contributed by atoms with E-state index >= 15 is 0 Å². The second-order valence-electron chi connectivity index (χ2n) is 13.7. The molecule has 29 nitrogen and oxygen atoms in total. The van der Waals surface area contributed by atoms with Gasteiger partial charge in [0.2, 0.25) is 53.2 Å². The number of phosphoric acid groups is 1. The number of guanidine groups is 1. The highest BCUT2D eigenvalue weighted by Gasteiger charge is 2.26. The molecule has 0 saturated heterocycles. The Bertz CT molecular complexity index is 1670. The van der Waals surface area contributed by atoms with Crippen LogP contribution in [0, 0.1) is 0 Å². The smallest absolute Gasteiger partial charge is 0.469 e. The van der Waals surface area contributed by atoms with E-state index in [1.807, 2.05) is 0 Å². The van der Waals surface area contributed by atoms with Crippen molar-refractivity contribution in [3.63, 3.8) is 0 Å². The summed E-state index contributed by atoms with van der Waals surface area (Å²) >= 11 is 0. The first-order chi connectivity index (χ1) is 30.1. The maximum Gasteiger partial charge on any atom is 0.469 e. The molecule has 0 aliphatic rings. The van der Waals surface area contributed by atoms with Gasteiger partial charge in [0.25, 0.3) is 0 Å². The van der Waals surface area contributed by atoms with Crippen molar-refractivity contribution in [2.45, 2.75) is 82.5 Å². The van der Waals surface area contributed by atoms with Crippen LogP contribution in [0.3, 0.4) is 0 Å². The van der Waals surface area contributed by atoms with Gasteiger partial charge in [-0.05, 0) is 57.9 Å². The summed E-state index contributed by atoms with van der Waals surface area (Å²) in [6.07, 6.45) is 2.03. The molecule has 0 saturated carbocycles. The number of rotatable bonds is 33. The second kappa shape index (κ2) is 32.6. The van der Waals surface area contributed by atoms with Crippen molar-refractivity contribution >= 4 is 72.9 Å². The van der Waals surface area contributed by atoms with Crippen LogP contribution < -0.4 is 70.4 Å². The Morgan fingerprint density at radius 2 is 1.02 bits per heavy atom. The Morgan fingerprint density at radius 1 is 0.594 bits per heavy atom. The molecule has 9 amide bonds. The average Bonchev–Trinajstić information content (AvgIpc) is 3.23. The van der Waals surface area contributed by atoms with Gasteiger partial charge in [0.1, 0.15) is 30.7 Å². The molecule has 64 heavy (non-hydrogen) atoms. The average molecular weight is 939 g/mol. The van der Waals surface area contributed by atoms with Crippen LogP contribution in [0.1, 0.15) is 58.3 Å². The van der Waals surface area contributed by atoms with Crippen molar-refractivity contribution in [2.24, 2.45) is 22.2 Å². The highest BCUT2D eigenvalue weighted by atomic mass is 31.2. The number of nitrogens with zero attached hydrogens (tertiary/aromatic N) is 1. The number of unbranched alkanes of at least 4 members (excludes halogenated alkanes) is 2. The molecule has 0 aliphatic carbocycles. The van der Waals surface area contributed by atoms with Crippen LogP contribution in [0.2, 0.25) is 0 Å². The monoisotopic (exact) mass is 938 g/mol. The number of carboxylic acids is 1. The molecular formula is C34H63N14O15P. The molecule has 19 N–H and O–H groups in total. The van der Waals surface area contributed by atoms with E-state index in [4.69, 9.17) is 32.1 Å². The van der Waals surface area contributed by atoms with E-state index in [1.165, 1.54) is 14.0 Å². The summed E-state index contributed by atoms with van der Waals surface area (Å²) < 4.78 is 15.0. The topological polar surface area (TPSA) is 468 Å². The van der Waals surface area contributed by atoms with Gasteiger partial charge >= 0.3 is 13.8 Å². The van der Waals surface area contributed by atoms with Crippen molar-refractivity contribution in [1.29, 1.82) is 0 Å². The van der Waals surface area contributed by atoms with Crippen LogP contribution in [-0.2, 0) is 57.0 Å². The highest BCUT2D eigenvalue weighted by molar-refractivity contribution is 7.46. The first kappa shape index (κ1) is 58.0. The first-order valence-corrected chi connectivity index (χ1v) is 21.4. The predicted molar refractivity (Wildman–Crippen MR) is 225 cm³/mol. The minimum atomic E-state index is -4.92. The molecule has 0 rings (SSSR count). The Hall–Kier alpha value is -6.00. The van der Waals surface area contributed by atoms with Crippen molar-refractivity contribution in [2.75, 3.05) is 66.0 Å². The lowest BCUT2D eigenvalue weighted by molar-refractivity contribution is -0.138. The molecule has 364 valence electrons. The second-order valence-corrected chi connectivity index (χ2v) is 15.0. The third-order valence-electron chi connectivity index (χ3n) is 8.30. The third kappa shape index (κ3) is 30.1. The van der Waals surface area contributed by atoms with E-state index in [9.17, 15) is 52.5 Å². The number of hydrogen-bond acceptors (Lipinski definition) is 15. The van der Waals surface area contributed by atoms with Crippen LogP contribution in [-0.4, -0.2) is 170 Å². The predicted octanol–water partition coefficient (Wildman–Crippen LogP) is -7.71. The van der Waals surface area contributed by atoms with Gasteiger partial charge in [-0.3, -0.25) is 57.5 Å². The zero-order valence-electron chi connectivity index (χ0n) is 35.7. The van der Waals surface area contributed by atoms with Gasteiger partial charge < -0.3 is 85.3 Å². The number of amides is 9. The molecule has 0 bridgehead atoms. The van der Waals surface area contributed by atoms with Crippen LogP contribution in [0.15, 0.2) is 4.99 Å². The normalized spacial score (nSPS) is 13.1. The summed E-state index contributed by atoms with van der Waals surface area (Å²) in [5.74, 6) is -8.26. The molecule has 0 heterocycles. The molecule has 0 unspecified atom stereocenters. The Kier molecular flexibility index (Phi) is 29.6. The third-order valence-corrected chi connectivity index (χ3v) is 8.79. The van der Waals surface area contributed by atoms with Crippen LogP contribution in [0.4, 0.5) is 0 Å². The van der Waals surface area contributed by atoms with Crippen molar-refractivity contribution in [3.8, 4) is 0 Å². The molecule has 4 atom stereocenters. The fourth-order valence-electron chi connectivity index (χ4n) is 5.03. The summed E-state index contributed by atoms with van der Waals surface area (Å²) in [5.41, 5.74) is 16.6. The molecule has 0 fully saturated rings. The number of carbonyl (C=O) groups excluding carboxylic acids is 9. The maximum absolute atomic E-state index is 13.2. The zero-order valence-corrected chi connectivity index (χ0v) is 36.6. The summed E-state index contributed by atoms with van der Waals surface area (Å²) in [7, 11) is -3.49. The van der Waals surface area contributed by atoms with E-state index < -0.39 is 125 Å².